The average molecular weight is 461 g/mol. The summed E-state index contributed by atoms with van der Waals surface area (Å²) in [5.41, 5.74) is 0.803. The number of nitrogens with one attached hydrogen (secondary N) is 3. The first-order chi connectivity index (χ1) is 15.7. The molecule has 2 aromatic rings. The molecule has 1 atom stereocenters. The van der Waals surface area contributed by atoms with Crippen molar-refractivity contribution in [3.05, 3.63) is 65.7 Å². The van der Waals surface area contributed by atoms with E-state index in [4.69, 9.17) is 4.74 Å². The van der Waals surface area contributed by atoms with Crippen LogP contribution in [0.1, 0.15) is 19.4 Å². The van der Waals surface area contributed by atoms with Crippen molar-refractivity contribution in [2.75, 3.05) is 18.5 Å². The molecule has 176 valence electrons. The normalized spacial score (nSPS) is 11.4. The Kier molecular flexibility index (Phi) is 9.46. The van der Waals surface area contributed by atoms with Crippen LogP contribution in [-0.2, 0) is 30.3 Å². The summed E-state index contributed by atoms with van der Waals surface area (Å²) >= 11 is 0. The van der Waals surface area contributed by atoms with Gasteiger partial charge in [-0.15, -0.1) is 0 Å². The van der Waals surface area contributed by atoms with Gasteiger partial charge in [0.1, 0.15) is 6.04 Å². The van der Waals surface area contributed by atoms with Crippen molar-refractivity contribution in [3.8, 4) is 0 Å². The van der Waals surface area contributed by atoms with Gasteiger partial charge in [0.15, 0.2) is 18.2 Å². The van der Waals surface area contributed by atoms with E-state index in [0.29, 0.717) is 0 Å². The van der Waals surface area contributed by atoms with Gasteiger partial charge < -0.3 is 20.7 Å². The van der Waals surface area contributed by atoms with E-state index in [1.165, 1.54) is 0 Å². The highest BCUT2D eigenvalue weighted by atomic mass is 19.2. The lowest BCUT2D eigenvalue weighted by Crippen LogP contribution is -2.46. The molecule has 0 spiro atoms. The van der Waals surface area contributed by atoms with Crippen LogP contribution in [0.25, 0.3) is 0 Å². The Morgan fingerprint density at radius 1 is 0.909 bits per heavy atom. The summed E-state index contributed by atoms with van der Waals surface area (Å²) in [6, 6.07) is 10.9. The van der Waals surface area contributed by atoms with Crippen molar-refractivity contribution in [3.63, 3.8) is 0 Å². The Labute approximate surface area is 189 Å². The lowest BCUT2D eigenvalue weighted by Gasteiger charge is -2.20. The summed E-state index contributed by atoms with van der Waals surface area (Å²) in [4.78, 5) is 48.3. The quantitative estimate of drug-likeness (QED) is 0.468. The van der Waals surface area contributed by atoms with Gasteiger partial charge in [0.2, 0.25) is 11.8 Å². The van der Waals surface area contributed by atoms with Crippen LogP contribution in [0, 0.1) is 17.6 Å². The SMILES string of the molecule is CC(C)[C@H](NC(=O)Cc1ccccc1)C(=O)OCC(=O)NCC(=O)Nc1ccc(F)c(F)c1. The Hall–Kier alpha value is -3.82. The molecule has 0 aliphatic heterocycles. The van der Waals surface area contributed by atoms with Gasteiger partial charge in [-0.1, -0.05) is 44.2 Å². The monoisotopic (exact) mass is 461 g/mol. The third-order valence-electron chi connectivity index (χ3n) is 4.44. The fraction of sp³-hybridized carbons (Fsp3) is 0.304. The zero-order valence-electron chi connectivity index (χ0n) is 18.2. The zero-order chi connectivity index (χ0) is 24.4. The minimum Gasteiger partial charge on any atom is -0.454 e. The number of carbonyl (C=O) groups excluding carboxylic acids is 4. The molecule has 0 radical (unpaired) electrons. The maximum atomic E-state index is 13.2. The Balaban J connectivity index is 1.76. The molecule has 0 saturated carbocycles. The molecular formula is C23H25F2N3O5. The molecule has 2 aromatic carbocycles. The fourth-order valence-corrected chi connectivity index (χ4v) is 2.74. The predicted octanol–water partition coefficient (Wildman–Crippen LogP) is 1.95. The minimum absolute atomic E-state index is 0.0191. The van der Waals surface area contributed by atoms with Crippen molar-refractivity contribution in [2.45, 2.75) is 26.3 Å². The van der Waals surface area contributed by atoms with Crippen LogP contribution in [0.5, 0.6) is 0 Å². The van der Waals surface area contributed by atoms with Gasteiger partial charge in [0.25, 0.3) is 5.91 Å². The second kappa shape index (κ2) is 12.3. The van der Waals surface area contributed by atoms with E-state index in [9.17, 15) is 28.0 Å². The molecule has 0 aromatic heterocycles. The first-order valence-electron chi connectivity index (χ1n) is 10.2. The number of anilines is 1. The van der Waals surface area contributed by atoms with E-state index in [2.05, 4.69) is 16.0 Å². The Bertz CT molecular complexity index is 999. The van der Waals surface area contributed by atoms with Crippen LogP contribution < -0.4 is 16.0 Å². The molecule has 33 heavy (non-hydrogen) atoms. The van der Waals surface area contributed by atoms with Crippen LogP contribution in [0.2, 0.25) is 0 Å². The van der Waals surface area contributed by atoms with Crippen molar-refractivity contribution in [2.24, 2.45) is 5.92 Å². The largest absolute Gasteiger partial charge is 0.454 e. The highest BCUT2D eigenvalue weighted by Crippen LogP contribution is 2.12. The molecule has 0 heterocycles. The standard InChI is InChI=1S/C23H25F2N3O5/c1-14(2)22(28-19(29)10-15-6-4-3-5-7-15)23(32)33-13-21(31)26-12-20(30)27-16-8-9-17(24)18(25)11-16/h3-9,11,14,22H,10,12-13H2,1-2H3,(H,26,31)(H,27,30)(H,28,29)/t22-/m0/s1. The van der Waals surface area contributed by atoms with E-state index in [1.807, 2.05) is 6.07 Å². The van der Waals surface area contributed by atoms with Gasteiger partial charge in [-0.05, 0) is 23.6 Å². The molecular weight excluding hydrogens is 436 g/mol. The number of carbonyl (C=O) groups is 4. The number of benzene rings is 2. The van der Waals surface area contributed by atoms with Crippen molar-refractivity contribution in [1.29, 1.82) is 0 Å². The Morgan fingerprint density at radius 2 is 1.61 bits per heavy atom. The topological polar surface area (TPSA) is 114 Å². The summed E-state index contributed by atoms with van der Waals surface area (Å²) < 4.78 is 31.0. The lowest BCUT2D eigenvalue weighted by atomic mass is 10.0. The lowest BCUT2D eigenvalue weighted by molar-refractivity contribution is -0.152. The van der Waals surface area contributed by atoms with Gasteiger partial charge in [0, 0.05) is 11.8 Å². The van der Waals surface area contributed by atoms with Crippen molar-refractivity contribution in [1.82, 2.24) is 10.6 Å². The second-order valence-electron chi connectivity index (χ2n) is 7.51. The Morgan fingerprint density at radius 3 is 2.24 bits per heavy atom. The van der Waals surface area contributed by atoms with Crippen LogP contribution in [-0.4, -0.2) is 42.9 Å². The van der Waals surface area contributed by atoms with E-state index < -0.39 is 48.6 Å². The highest BCUT2D eigenvalue weighted by Gasteiger charge is 2.26. The number of hydrogen-bond acceptors (Lipinski definition) is 5. The van der Waals surface area contributed by atoms with E-state index in [0.717, 1.165) is 23.8 Å². The number of rotatable bonds is 10. The predicted molar refractivity (Wildman–Crippen MR) is 116 cm³/mol. The summed E-state index contributed by atoms with van der Waals surface area (Å²) in [6.45, 7) is 2.31. The number of amides is 3. The first kappa shape index (κ1) is 25.4. The summed E-state index contributed by atoms with van der Waals surface area (Å²) in [5.74, 6) is -5.06. The van der Waals surface area contributed by atoms with Gasteiger partial charge >= 0.3 is 5.97 Å². The molecule has 3 N–H and O–H groups in total. The molecule has 10 heteroatoms. The highest BCUT2D eigenvalue weighted by molar-refractivity contribution is 5.95. The van der Waals surface area contributed by atoms with Crippen LogP contribution in [0.4, 0.5) is 14.5 Å². The van der Waals surface area contributed by atoms with Crippen molar-refractivity contribution >= 4 is 29.4 Å². The zero-order valence-corrected chi connectivity index (χ0v) is 18.2. The molecule has 0 aliphatic carbocycles. The fourth-order valence-electron chi connectivity index (χ4n) is 2.74. The number of esters is 1. The van der Waals surface area contributed by atoms with Crippen molar-refractivity contribution < 1.29 is 32.7 Å². The first-order valence-corrected chi connectivity index (χ1v) is 10.2. The molecule has 0 fully saturated rings. The average Bonchev–Trinajstić information content (AvgIpc) is 2.77. The maximum absolute atomic E-state index is 13.2. The molecule has 0 saturated heterocycles. The van der Waals surface area contributed by atoms with Gasteiger partial charge in [-0.3, -0.25) is 14.4 Å². The van der Waals surface area contributed by atoms with Gasteiger partial charge in [-0.25, -0.2) is 13.6 Å². The third-order valence-corrected chi connectivity index (χ3v) is 4.44. The van der Waals surface area contributed by atoms with Gasteiger partial charge in [-0.2, -0.15) is 0 Å². The number of halogens is 2. The summed E-state index contributed by atoms with van der Waals surface area (Å²) in [7, 11) is 0. The minimum atomic E-state index is -1.13. The molecule has 2 rings (SSSR count). The van der Waals surface area contributed by atoms with Crippen LogP contribution in [0.15, 0.2) is 48.5 Å². The molecule has 3 amide bonds. The summed E-state index contributed by atoms with van der Waals surface area (Å²) in [5, 5.41) is 7.14. The van der Waals surface area contributed by atoms with E-state index in [-0.39, 0.29) is 23.9 Å². The third kappa shape index (κ3) is 8.68. The van der Waals surface area contributed by atoms with Gasteiger partial charge in [0.05, 0.1) is 13.0 Å². The van der Waals surface area contributed by atoms with E-state index in [1.54, 1.807) is 38.1 Å². The number of ether oxygens (including phenoxy) is 1. The molecule has 0 unspecified atom stereocenters. The maximum Gasteiger partial charge on any atom is 0.329 e. The molecule has 0 bridgehead atoms. The summed E-state index contributed by atoms with van der Waals surface area (Å²) in [6.07, 6.45) is 0.0882. The smallest absolute Gasteiger partial charge is 0.329 e. The number of hydrogen-bond donors (Lipinski definition) is 3. The van der Waals surface area contributed by atoms with Crippen LogP contribution >= 0.6 is 0 Å². The van der Waals surface area contributed by atoms with Crippen LogP contribution in [0.3, 0.4) is 0 Å². The molecule has 0 aliphatic rings. The molecule has 8 nitrogen and oxygen atoms in total. The second-order valence-corrected chi connectivity index (χ2v) is 7.51. The van der Waals surface area contributed by atoms with E-state index >= 15 is 0 Å².